The van der Waals surface area contributed by atoms with Gasteiger partial charge < -0.3 is 15.0 Å². The number of amides is 1. The van der Waals surface area contributed by atoms with Crippen molar-refractivity contribution in [3.05, 3.63) is 42.0 Å². The average Bonchev–Trinajstić information content (AvgIpc) is 2.91. The molecule has 0 saturated carbocycles. The molecule has 1 N–H and O–H groups in total. The van der Waals surface area contributed by atoms with E-state index in [2.05, 4.69) is 10.4 Å². The van der Waals surface area contributed by atoms with Crippen LogP contribution >= 0.6 is 0 Å². The molecular weight excluding hydrogens is 287 g/mol. The van der Waals surface area contributed by atoms with Crippen molar-refractivity contribution in [2.75, 3.05) is 34.3 Å². The van der Waals surface area contributed by atoms with Crippen LogP contribution in [-0.4, -0.2) is 54.9 Å². The summed E-state index contributed by atoms with van der Waals surface area (Å²) >= 11 is 0. The van der Waals surface area contributed by atoms with E-state index in [4.69, 9.17) is 4.74 Å². The van der Waals surface area contributed by atoms with Crippen LogP contribution in [0.1, 0.15) is 10.5 Å². The van der Waals surface area contributed by atoms with Gasteiger partial charge in [0.05, 0.1) is 19.0 Å². The van der Waals surface area contributed by atoms with Crippen molar-refractivity contribution in [1.82, 2.24) is 20.0 Å². The van der Waals surface area contributed by atoms with Gasteiger partial charge in [-0.05, 0) is 38.4 Å². The molecule has 0 aliphatic carbocycles. The van der Waals surface area contributed by atoms with Crippen LogP contribution in [0.5, 0.6) is 5.75 Å². The van der Waals surface area contributed by atoms with Crippen molar-refractivity contribution in [2.24, 2.45) is 0 Å². The third-order valence-electron chi connectivity index (χ3n) is 3.05. The van der Waals surface area contributed by atoms with Gasteiger partial charge in [-0.1, -0.05) is 0 Å². The third kappa shape index (κ3) is 3.82. The fourth-order valence-electron chi connectivity index (χ4n) is 1.87. The second-order valence-corrected chi connectivity index (χ2v) is 5.03. The van der Waals surface area contributed by atoms with Gasteiger partial charge in [0.1, 0.15) is 5.82 Å². The quantitative estimate of drug-likeness (QED) is 0.874. The first-order chi connectivity index (χ1) is 10.5. The Hall–Kier alpha value is -2.41. The Kier molecular flexibility index (Phi) is 5.11. The molecule has 118 valence electrons. The van der Waals surface area contributed by atoms with E-state index in [-0.39, 0.29) is 17.4 Å². The van der Waals surface area contributed by atoms with E-state index >= 15 is 0 Å². The number of nitrogens with zero attached hydrogens (tertiary/aromatic N) is 3. The molecular formula is C15H19FN4O2. The maximum Gasteiger partial charge on any atom is 0.275 e. The van der Waals surface area contributed by atoms with Crippen molar-refractivity contribution in [3.63, 3.8) is 0 Å². The zero-order valence-corrected chi connectivity index (χ0v) is 12.8. The topological polar surface area (TPSA) is 59.4 Å². The minimum atomic E-state index is -0.329. The fourth-order valence-corrected chi connectivity index (χ4v) is 1.87. The number of carbonyl (C=O) groups is 1. The van der Waals surface area contributed by atoms with Gasteiger partial charge in [0.25, 0.3) is 5.91 Å². The smallest absolute Gasteiger partial charge is 0.275 e. The molecule has 0 aliphatic rings. The lowest BCUT2D eigenvalue weighted by Gasteiger charge is -2.09. The highest BCUT2D eigenvalue weighted by Gasteiger charge is 2.18. The first kappa shape index (κ1) is 16.0. The lowest BCUT2D eigenvalue weighted by atomic mass is 10.3. The molecule has 2 rings (SSSR count). The molecule has 0 unspecified atom stereocenters. The van der Waals surface area contributed by atoms with Crippen LogP contribution in [0.4, 0.5) is 4.39 Å². The Bertz CT molecular complexity index is 637. The Balaban J connectivity index is 2.17. The summed E-state index contributed by atoms with van der Waals surface area (Å²) in [5, 5.41) is 7.00. The van der Waals surface area contributed by atoms with E-state index in [0.29, 0.717) is 18.0 Å². The van der Waals surface area contributed by atoms with Gasteiger partial charge in [0, 0.05) is 13.1 Å². The molecule has 6 nitrogen and oxygen atoms in total. The molecule has 7 heteroatoms. The summed E-state index contributed by atoms with van der Waals surface area (Å²) in [5.41, 5.74) is 0.845. The number of halogens is 1. The summed E-state index contributed by atoms with van der Waals surface area (Å²) in [4.78, 5) is 14.1. The van der Waals surface area contributed by atoms with E-state index in [9.17, 15) is 9.18 Å². The Morgan fingerprint density at radius 2 is 2.05 bits per heavy atom. The Morgan fingerprint density at radius 1 is 1.36 bits per heavy atom. The number of nitrogens with one attached hydrogen (secondary N) is 1. The largest absolute Gasteiger partial charge is 0.493 e. The monoisotopic (exact) mass is 306 g/mol. The molecule has 2 aromatic rings. The number of likely N-dealkylation sites (N-methyl/N-ethyl adjacent to an activating group) is 1. The number of hydrogen-bond donors (Lipinski definition) is 1. The molecule has 0 fully saturated rings. The highest BCUT2D eigenvalue weighted by molar-refractivity contribution is 5.94. The number of benzene rings is 1. The van der Waals surface area contributed by atoms with Gasteiger partial charge in [-0.25, -0.2) is 9.07 Å². The molecule has 1 amide bonds. The first-order valence-electron chi connectivity index (χ1n) is 6.84. The molecule has 0 aliphatic heterocycles. The predicted octanol–water partition coefficient (Wildman–Crippen LogP) is 1.31. The minimum absolute atomic E-state index is 0.200. The van der Waals surface area contributed by atoms with Crippen molar-refractivity contribution >= 4 is 5.91 Å². The second kappa shape index (κ2) is 7.04. The van der Waals surface area contributed by atoms with E-state index in [0.717, 1.165) is 6.54 Å². The summed E-state index contributed by atoms with van der Waals surface area (Å²) in [7, 11) is 5.33. The fraction of sp³-hybridized carbons (Fsp3) is 0.333. The highest BCUT2D eigenvalue weighted by atomic mass is 19.1. The molecule has 0 saturated heterocycles. The van der Waals surface area contributed by atoms with Gasteiger partial charge in [-0.3, -0.25) is 4.79 Å². The maximum absolute atomic E-state index is 13.0. The van der Waals surface area contributed by atoms with E-state index in [1.165, 1.54) is 23.9 Å². The molecule has 0 spiro atoms. The molecule has 22 heavy (non-hydrogen) atoms. The second-order valence-electron chi connectivity index (χ2n) is 5.03. The standard InChI is InChI=1S/C15H19FN4O2/c1-19(2)9-8-17-15(21)14-13(22-3)10-20(18-14)12-6-4-11(16)5-7-12/h4-7,10H,8-9H2,1-3H3,(H,17,21). The first-order valence-corrected chi connectivity index (χ1v) is 6.84. The van der Waals surface area contributed by atoms with Crippen LogP contribution in [-0.2, 0) is 0 Å². The number of ether oxygens (including phenoxy) is 1. The number of rotatable bonds is 6. The normalized spacial score (nSPS) is 10.8. The van der Waals surface area contributed by atoms with Crippen molar-refractivity contribution < 1.29 is 13.9 Å². The number of hydrogen-bond acceptors (Lipinski definition) is 4. The number of methoxy groups -OCH3 is 1. The SMILES string of the molecule is COc1cn(-c2ccc(F)cc2)nc1C(=O)NCCN(C)C. The summed E-state index contributed by atoms with van der Waals surface area (Å²) in [6.45, 7) is 1.24. The van der Waals surface area contributed by atoms with Crippen LogP contribution in [0.25, 0.3) is 5.69 Å². The van der Waals surface area contributed by atoms with Crippen LogP contribution < -0.4 is 10.1 Å². The Morgan fingerprint density at radius 3 is 2.64 bits per heavy atom. The van der Waals surface area contributed by atoms with Crippen LogP contribution in [0.15, 0.2) is 30.5 Å². The molecule has 1 aromatic carbocycles. The van der Waals surface area contributed by atoms with Crippen LogP contribution in [0.3, 0.4) is 0 Å². The van der Waals surface area contributed by atoms with E-state index < -0.39 is 0 Å². The lowest BCUT2D eigenvalue weighted by molar-refractivity contribution is 0.0942. The summed E-state index contributed by atoms with van der Waals surface area (Å²) < 4.78 is 19.6. The Labute approximate surface area is 128 Å². The van der Waals surface area contributed by atoms with E-state index in [1.54, 1.807) is 18.3 Å². The van der Waals surface area contributed by atoms with Crippen LogP contribution in [0.2, 0.25) is 0 Å². The predicted molar refractivity (Wildman–Crippen MR) is 81.0 cm³/mol. The highest BCUT2D eigenvalue weighted by Crippen LogP contribution is 2.19. The van der Waals surface area contributed by atoms with Crippen LogP contribution in [0, 0.1) is 5.82 Å². The maximum atomic E-state index is 13.0. The number of carbonyl (C=O) groups excluding carboxylic acids is 1. The van der Waals surface area contributed by atoms with Crippen molar-refractivity contribution in [3.8, 4) is 11.4 Å². The van der Waals surface area contributed by atoms with Crippen molar-refractivity contribution in [1.29, 1.82) is 0 Å². The zero-order chi connectivity index (χ0) is 16.1. The summed E-state index contributed by atoms with van der Waals surface area (Å²) in [6.07, 6.45) is 1.59. The van der Waals surface area contributed by atoms with Gasteiger partial charge in [-0.2, -0.15) is 5.10 Å². The summed E-state index contributed by atoms with van der Waals surface area (Å²) in [6, 6.07) is 5.83. The van der Waals surface area contributed by atoms with Gasteiger partial charge in [0.2, 0.25) is 0 Å². The van der Waals surface area contributed by atoms with Gasteiger partial charge in [0.15, 0.2) is 11.4 Å². The van der Waals surface area contributed by atoms with Crippen molar-refractivity contribution in [2.45, 2.75) is 0 Å². The molecule has 1 heterocycles. The summed E-state index contributed by atoms with van der Waals surface area (Å²) in [5.74, 6) is -0.268. The average molecular weight is 306 g/mol. The van der Waals surface area contributed by atoms with Gasteiger partial charge in [-0.15, -0.1) is 0 Å². The van der Waals surface area contributed by atoms with Gasteiger partial charge >= 0.3 is 0 Å². The minimum Gasteiger partial charge on any atom is -0.493 e. The molecule has 0 atom stereocenters. The van der Waals surface area contributed by atoms with E-state index in [1.807, 2.05) is 19.0 Å². The molecule has 0 radical (unpaired) electrons. The zero-order valence-electron chi connectivity index (χ0n) is 12.8. The third-order valence-corrected chi connectivity index (χ3v) is 3.05. The molecule has 1 aromatic heterocycles. The number of aromatic nitrogens is 2. The molecule has 0 bridgehead atoms. The lowest BCUT2D eigenvalue weighted by Crippen LogP contribution is -2.31.